The Morgan fingerprint density at radius 2 is 2.15 bits per heavy atom. The highest BCUT2D eigenvalue weighted by Crippen LogP contribution is 2.33. The van der Waals surface area contributed by atoms with Gasteiger partial charge in [-0.1, -0.05) is 6.07 Å². The Bertz CT molecular complexity index is 1310. The topological polar surface area (TPSA) is 148 Å². The molecule has 4 aromatic rings. The average molecular weight is 448 g/mol. The van der Waals surface area contributed by atoms with E-state index < -0.39 is 5.91 Å². The number of nitrogens with zero attached hydrogens (tertiary/aromatic N) is 6. The van der Waals surface area contributed by atoms with Crippen LogP contribution in [-0.4, -0.2) is 55.4 Å². The third-order valence-electron chi connectivity index (χ3n) is 5.63. The highest BCUT2D eigenvalue weighted by Gasteiger charge is 2.33. The summed E-state index contributed by atoms with van der Waals surface area (Å²) in [6.07, 6.45) is 6.55. The van der Waals surface area contributed by atoms with Gasteiger partial charge in [0.25, 0.3) is 11.9 Å². The molecule has 0 spiro atoms. The largest absolute Gasteiger partial charge is 0.423 e. The molecule has 4 heterocycles. The van der Waals surface area contributed by atoms with Gasteiger partial charge in [0.2, 0.25) is 0 Å². The summed E-state index contributed by atoms with van der Waals surface area (Å²) < 4.78 is 7.59. The highest BCUT2D eigenvalue weighted by atomic mass is 16.4. The van der Waals surface area contributed by atoms with Crippen LogP contribution in [0, 0.1) is 0 Å². The van der Waals surface area contributed by atoms with Gasteiger partial charge in [-0.25, -0.2) is 9.97 Å². The molecule has 1 fully saturated rings. The number of aliphatic hydroxyl groups is 1. The summed E-state index contributed by atoms with van der Waals surface area (Å²) in [7, 11) is 1.80. The zero-order valence-electron chi connectivity index (χ0n) is 18.1. The summed E-state index contributed by atoms with van der Waals surface area (Å²) in [6, 6.07) is 6.46. The molecule has 1 aliphatic rings. The van der Waals surface area contributed by atoms with Crippen molar-refractivity contribution in [3.05, 3.63) is 53.7 Å². The molecule has 0 atom stereocenters. The van der Waals surface area contributed by atoms with Crippen molar-refractivity contribution in [2.24, 2.45) is 12.8 Å². The molecule has 170 valence electrons. The molecule has 1 amide bonds. The molecule has 0 radical (unpaired) electrons. The van der Waals surface area contributed by atoms with Gasteiger partial charge in [0.15, 0.2) is 17.1 Å². The number of aliphatic hydroxyl groups excluding tert-OH is 1. The molecule has 0 bridgehead atoms. The number of anilines is 3. The Morgan fingerprint density at radius 3 is 2.88 bits per heavy atom. The van der Waals surface area contributed by atoms with Crippen molar-refractivity contribution in [3.63, 3.8) is 0 Å². The average Bonchev–Trinajstić information content (AvgIpc) is 3.37. The second-order valence-electron chi connectivity index (χ2n) is 8.11. The van der Waals surface area contributed by atoms with E-state index in [2.05, 4.69) is 25.4 Å². The van der Waals surface area contributed by atoms with Gasteiger partial charge in [0.1, 0.15) is 5.52 Å². The molecule has 1 saturated heterocycles. The molecular weight excluding hydrogens is 424 g/mol. The Morgan fingerprint density at radius 1 is 1.30 bits per heavy atom. The van der Waals surface area contributed by atoms with Gasteiger partial charge >= 0.3 is 0 Å². The van der Waals surface area contributed by atoms with Gasteiger partial charge < -0.3 is 25.5 Å². The second-order valence-corrected chi connectivity index (χ2v) is 8.11. The van der Waals surface area contributed by atoms with E-state index in [0.717, 1.165) is 23.1 Å². The first-order valence-corrected chi connectivity index (χ1v) is 10.7. The van der Waals surface area contributed by atoms with Crippen LogP contribution in [0.3, 0.4) is 0 Å². The number of fused-ring (bicyclic) bond motifs is 1. The van der Waals surface area contributed by atoms with E-state index in [1.165, 1.54) is 0 Å². The number of nitrogens with two attached hydrogens (primary N) is 1. The molecule has 4 N–H and O–H groups in total. The Labute approximate surface area is 189 Å². The van der Waals surface area contributed by atoms with Crippen molar-refractivity contribution < 1.29 is 14.3 Å². The SMILES string of the molecule is Cn1cc(Nc2ncc(C3CN(c4nc5ccc(CCCO)cc5o4)C3)nc2C(N)=O)cn1. The van der Waals surface area contributed by atoms with Crippen molar-refractivity contribution >= 4 is 34.5 Å². The maximum atomic E-state index is 12.0. The molecule has 11 nitrogen and oxygen atoms in total. The van der Waals surface area contributed by atoms with E-state index in [4.69, 9.17) is 15.3 Å². The zero-order chi connectivity index (χ0) is 22.9. The number of carbonyl (C=O) groups is 1. The summed E-state index contributed by atoms with van der Waals surface area (Å²) in [6.45, 7) is 1.45. The molecule has 0 unspecified atom stereocenters. The van der Waals surface area contributed by atoms with Gasteiger partial charge in [0, 0.05) is 38.9 Å². The molecule has 3 aromatic heterocycles. The van der Waals surface area contributed by atoms with Crippen molar-refractivity contribution in [1.29, 1.82) is 0 Å². The minimum Gasteiger partial charge on any atom is -0.423 e. The lowest BCUT2D eigenvalue weighted by Gasteiger charge is -2.37. The number of carbonyl (C=O) groups excluding carboxylic acids is 1. The molecular formula is C22H24N8O3. The van der Waals surface area contributed by atoms with E-state index in [1.807, 2.05) is 23.1 Å². The molecule has 0 aliphatic carbocycles. The standard InChI is InChI=1S/C22H24N8O3/c1-29-12-15(8-25-29)26-21-19(20(23)32)27-17(9-24-21)14-10-30(11-14)22-28-16-5-4-13(3-2-6-31)7-18(16)33-22/h4-5,7-9,12,14,31H,2-3,6,10-11H2,1H3,(H2,23,32)(H,24,26). The Balaban J connectivity index is 1.29. The minimum absolute atomic E-state index is 0.0816. The number of oxazole rings is 1. The van der Waals surface area contributed by atoms with Gasteiger partial charge in [-0.15, -0.1) is 0 Å². The Hall–Kier alpha value is -3.99. The summed E-state index contributed by atoms with van der Waals surface area (Å²) in [5, 5.41) is 16.1. The zero-order valence-corrected chi connectivity index (χ0v) is 18.1. The molecule has 11 heteroatoms. The van der Waals surface area contributed by atoms with Crippen molar-refractivity contribution in [3.8, 4) is 0 Å². The van der Waals surface area contributed by atoms with Crippen molar-refractivity contribution in [2.75, 3.05) is 29.9 Å². The molecule has 33 heavy (non-hydrogen) atoms. The number of primary amides is 1. The number of amides is 1. The van der Waals surface area contributed by atoms with Crippen LogP contribution in [0.25, 0.3) is 11.1 Å². The fraction of sp³-hybridized carbons (Fsp3) is 0.318. The van der Waals surface area contributed by atoms with Gasteiger partial charge in [-0.2, -0.15) is 10.1 Å². The van der Waals surface area contributed by atoms with Crippen LogP contribution in [0.2, 0.25) is 0 Å². The van der Waals surface area contributed by atoms with Crippen molar-refractivity contribution in [2.45, 2.75) is 18.8 Å². The lowest BCUT2D eigenvalue weighted by molar-refractivity contribution is 0.0995. The van der Waals surface area contributed by atoms with E-state index in [1.54, 1.807) is 30.3 Å². The summed E-state index contributed by atoms with van der Waals surface area (Å²) >= 11 is 0. The van der Waals surface area contributed by atoms with Crippen LogP contribution in [-0.2, 0) is 13.5 Å². The number of benzene rings is 1. The Kier molecular flexibility index (Phi) is 5.38. The predicted octanol–water partition coefficient (Wildman–Crippen LogP) is 1.72. The normalized spacial score (nSPS) is 13.9. The lowest BCUT2D eigenvalue weighted by atomic mass is 9.97. The molecule has 5 rings (SSSR count). The fourth-order valence-electron chi connectivity index (χ4n) is 3.84. The lowest BCUT2D eigenvalue weighted by Crippen LogP contribution is -2.45. The van der Waals surface area contributed by atoms with Crippen molar-refractivity contribution in [1.82, 2.24) is 24.7 Å². The number of hydrogen-bond acceptors (Lipinski definition) is 9. The van der Waals surface area contributed by atoms with Crippen LogP contribution in [0.4, 0.5) is 17.5 Å². The maximum Gasteiger partial charge on any atom is 0.298 e. The van der Waals surface area contributed by atoms with Crippen LogP contribution in [0.1, 0.15) is 34.1 Å². The van der Waals surface area contributed by atoms with Crippen LogP contribution in [0.15, 0.2) is 41.2 Å². The summed E-state index contributed by atoms with van der Waals surface area (Å²) in [4.78, 5) is 27.5. The van der Waals surface area contributed by atoms with Gasteiger partial charge in [0.05, 0.1) is 23.8 Å². The number of hydrogen-bond donors (Lipinski definition) is 3. The summed E-state index contributed by atoms with van der Waals surface area (Å²) in [5.74, 6) is -0.271. The molecule has 0 saturated carbocycles. The van der Waals surface area contributed by atoms with Crippen LogP contribution in [0.5, 0.6) is 0 Å². The fourth-order valence-corrected chi connectivity index (χ4v) is 3.84. The van der Waals surface area contributed by atoms with Crippen LogP contribution < -0.4 is 16.0 Å². The first kappa shape index (κ1) is 20.9. The predicted molar refractivity (Wildman–Crippen MR) is 121 cm³/mol. The third kappa shape index (κ3) is 4.22. The second kappa shape index (κ2) is 8.51. The van der Waals surface area contributed by atoms with E-state index in [-0.39, 0.29) is 18.2 Å². The van der Waals surface area contributed by atoms with E-state index in [0.29, 0.717) is 42.7 Å². The number of nitrogens with one attached hydrogen (secondary N) is 1. The molecule has 1 aromatic carbocycles. The quantitative estimate of drug-likeness (QED) is 0.366. The monoisotopic (exact) mass is 448 g/mol. The van der Waals surface area contributed by atoms with Crippen LogP contribution >= 0.6 is 0 Å². The highest BCUT2D eigenvalue weighted by molar-refractivity contribution is 5.96. The van der Waals surface area contributed by atoms with Gasteiger partial charge in [-0.05, 0) is 30.5 Å². The smallest absolute Gasteiger partial charge is 0.298 e. The first-order valence-electron chi connectivity index (χ1n) is 10.7. The van der Waals surface area contributed by atoms with E-state index in [9.17, 15) is 4.79 Å². The first-order chi connectivity index (χ1) is 16.0. The number of aryl methyl sites for hydroxylation is 2. The minimum atomic E-state index is -0.650. The summed E-state index contributed by atoms with van der Waals surface area (Å²) in [5.41, 5.74) is 9.65. The molecule has 1 aliphatic heterocycles. The number of rotatable bonds is 8. The third-order valence-corrected chi connectivity index (χ3v) is 5.63. The van der Waals surface area contributed by atoms with E-state index >= 15 is 0 Å². The maximum absolute atomic E-state index is 12.0. The van der Waals surface area contributed by atoms with Gasteiger partial charge in [-0.3, -0.25) is 9.48 Å². The number of aromatic nitrogens is 5.